The average molecular weight is 490 g/mol. The zero-order valence-electron chi connectivity index (χ0n) is 15.9. The van der Waals surface area contributed by atoms with Gasteiger partial charge in [0, 0.05) is 21.0 Å². The van der Waals surface area contributed by atoms with E-state index in [0.717, 1.165) is 27.9 Å². The van der Waals surface area contributed by atoms with Crippen molar-refractivity contribution in [2.24, 2.45) is 0 Å². The Balaban J connectivity index is 1.56. The van der Waals surface area contributed by atoms with Crippen LogP contribution in [-0.2, 0) is 0 Å². The average Bonchev–Trinajstić information content (AvgIpc) is 3.17. The van der Waals surface area contributed by atoms with Crippen LogP contribution in [0, 0.1) is 0 Å². The summed E-state index contributed by atoms with van der Waals surface area (Å²) in [5.41, 5.74) is 2.35. The third-order valence-electron chi connectivity index (χ3n) is 4.12. The number of thiocarbonyl (C=S) groups is 1. The lowest BCUT2D eigenvalue weighted by Gasteiger charge is -2.13. The summed E-state index contributed by atoms with van der Waals surface area (Å²) in [5, 5.41) is 8.39. The largest absolute Gasteiger partial charge is 0.491 e. The molecule has 2 aromatic carbocycles. The highest BCUT2D eigenvalue weighted by Crippen LogP contribution is 2.26. The van der Waals surface area contributed by atoms with Crippen molar-refractivity contribution in [3.8, 4) is 17.0 Å². The Kier molecular flexibility index (Phi) is 7.35. The fourth-order valence-corrected chi connectivity index (χ4v) is 3.63. The summed E-state index contributed by atoms with van der Waals surface area (Å²) < 4.78 is 6.74. The van der Waals surface area contributed by atoms with Crippen LogP contribution in [0.1, 0.15) is 30.6 Å². The van der Waals surface area contributed by atoms with Crippen molar-refractivity contribution < 1.29 is 9.53 Å². The van der Waals surface area contributed by atoms with Gasteiger partial charge in [0.15, 0.2) is 10.2 Å². The van der Waals surface area contributed by atoms with Gasteiger partial charge >= 0.3 is 0 Å². The highest BCUT2D eigenvalue weighted by atomic mass is 79.9. The molecule has 0 saturated heterocycles. The molecule has 1 unspecified atom stereocenters. The summed E-state index contributed by atoms with van der Waals surface area (Å²) in [5.74, 6) is 0.446. The van der Waals surface area contributed by atoms with Gasteiger partial charge in [0.25, 0.3) is 5.91 Å². The molecule has 0 saturated carbocycles. The predicted molar refractivity (Wildman–Crippen MR) is 126 cm³/mol. The van der Waals surface area contributed by atoms with E-state index in [2.05, 4.69) is 38.5 Å². The molecule has 8 heteroatoms. The predicted octanol–water partition coefficient (Wildman–Crippen LogP) is 5.88. The van der Waals surface area contributed by atoms with Crippen molar-refractivity contribution in [1.82, 2.24) is 10.3 Å². The van der Waals surface area contributed by atoms with E-state index in [1.807, 2.05) is 36.6 Å². The molecule has 0 aliphatic rings. The van der Waals surface area contributed by atoms with Crippen LogP contribution in [0.5, 0.6) is 5.75 Å². The van der Waals surface area contributed by atoms with Gasteiger partial charge in [-0.1, -0.05) is 35.0 Å². The smallest absolute Gasteiger partial charge is 0.257 e. The molecular formula is C21H20BrN3O2S2. The SMILES string of the molecule is CCC(C)Oc1ccc(C(=O)NC(=S)Nc2nc(-c3ccc(Br)cc3)cs2)cc1. The number of amides is 1. The summed E-state index contributed by atoms with van der Waals surface area (Å²) in [4.78, 5) is 16.9. The summed E-state index contributed by atoms with van der Waals surface area (Å²) >= 11 is 10.1. The first kappa shape index (κ1) is 21.4. The molecule has 0 fully saturated rings. The summed E-state index contributed by atoms with van der Waals surface area (Å²) in [6.45, 7) is 4.07. The molecule has 5 nitrogen and oxygen atoms in total. The lowest BCUT2D eigenvalue weighted by Crippen LogP contribution is -2.34. The van der Waals surface area contributed by atoms with Crippen LogP contribution in [-0.4, -0.2) is 22.1 Å². The minimum Gasteiger partial charge on any atom is -0.491 e. The zero-order valence-corrected chi connectivity index (χ0v) is 19.2. The maximum absolute atomic E-state index is 12.4. The number of ether oxygens (including phenoxy) is 1. The fourth-order valence-electron chi connectivity index (χ4n) is 2.39. The van der Waals surface area contributed by atoms with E-state index in [-0.39, 0.29) is 17.1 Å². The van der Waals surface area contributed by atoms with Gasteiger partial charge in [-0.15, -0.1) is 11.3 Å². The summed E-state index contributed by atoms with van der Waals surface area (Å²) in [6, 6.07) is 14.9. The van der Waals surface area contributed by atoms with E-state index in [1.165, 1.54) is 11.3 Å². The highest BCUT2D eigenvalue weighted by Gasteiger charge is 2.11. The molecule has 2 N–H and O–H groups in total. The topological polar surface area (TPSA) is 63.2 Å². The van der Waals surface area contributed by atoms with Crippen molar-refractivity contribution in [3.05, 3.63) is 63.9 Å². The van der Waals surface area contributed by atoms with Gasteiger partial charge in [0.2, 0.25) is 0 Å². The minimum atomic E-state index is -0.290. The number of anilines is 1. The number of carbonyl (C=O) groups is 1. The second-order valence-electron chi connectivity index (χ2n) is 6.31. The third-order valence-corrected chi connectivity index (χ3v) is 5.61. The Bertz CT molecular complexity index is 988. The fraction of sp³-hybridized carbons (Fsp3) is 0.190. The first-order chi connectivity index (χ1) is 13.9. The molecule has 1 heterocycles. The molecule has 0 aliphatic carbocycles. The number of halogens is 1. The van der Waals surface area contributed by atoms with Gasteiger partial charge in [-0.2, -0.15) is 0 Å². The van der Waals surface area contributed by atoms with Gasteiger partial charge in [0.1, 0.15) is 5.75 Å². The van der Waals surface area contributed by atoms with Crippen molar-refractivity contribution >= 4 is 55.6 Å². The van der Waals surface area contributed by atoms with Crippen LogP contribution in [0.25, 0.3) is 11.3 Å². The summed E-state index contributed by atoms with van der Waals surface area (Å²) in [6.07, 6.45) is 1.05. The minimum absolute atomic E-state index is 0.132. The van der Waals surface area contributed by atoms with Crippen LogP contribution in [0.4, 0.5) is 5.13 Å². The molecule has 1 amide bonds. The molecule has 0 radical (unpaired) electrons. The van der Waals surface area contributed by atoms with Crippen LogP contribution in [0.2, 0.25) is 0 Å². The number of rotatable bonds is 6. The monoisotopic (exact) mass is 489 g/mol. The number of hydrogen-bond donors (Lipinski definition) is 2. The number of nitrogens with one attached hydrogen (secondary N) is 2. The van der Waals surface area contributed by atoms with Crippen LogP contribution >= 0.6 is 39.5 Å². The molecule has 3 rings (SSSR count). The number of nitrogens with zero attached hydrogens (tertiary/aromatic N) is 1. The van der Waals surface area contributed by atoms with Crippen molar-refractivity contribution in [2.75, 3.05) is 5.32 Å². The number of carbonyl (C=O) groups excluding carboxylic acids is 1. The van der Waals surface area contributed by atoms with E-state index in [9.17, 15) is 4.79 Å². The molecule has 150 valence electrons. The second kappa shape index (κ2) is 9.96. The van der Waals surface area contributed by atoms with Gasteiger partial charge in [0.05, 0.1) is 11.8 Å². The van der Waals surface area contributed by atoms with Gasteiger partial charge < -0.3 is 10.1 Å². The Morgan fingerprint density at radius 2 is 1.90 bits per heavy atom. The quantitative estimate of drug-likeness (QED) is 0.423. The molecule has 0 aliphatic heterocycles. The first-order valence-corrected chi connectivity index (χ1v) is 11.1. The summed E-state index contributed by atoms with van der Waals surface area (Å²) in [7, 11) is 0. The lowest BCUT2D eigenvalue weighted by molar-refractivity contribution is 0.0977. The Hall–Kier alpha value is -2.29. The molecular weight excluding hydrogens is 470 g/mol. The van der Waals surface area contributed by atoms with Crippen LogP contribution < -0.4 is 15.4 Å². The van der Waals surface area contributed by atoms with Crippen LogP contribution in [0.3, 0.4) is 0 Å². The number of hydrogen-bond acceptors (Lipinski definition) is 5. The molecule has 29 heavy (non-hydrogen) atoms. The number of benzene rings is 2. The number of thiazole rings is 1. The number of aromatic nitrogens is 1. The first-order valence-electron chi connectivity index (χ1n) is 9.05. The second-order valence-corrected chi connectivity index (χ2v) is 8.50. The Labute approximate surface area is 187 Å². The van der Waals surface area contributed by atoms with Gasteiger partial charge in [-0.25, -0.2) is 4.98 Å². The Morgan fingerprint density at radius 1 is 1.21 bits per heavy atom. The zero-order chi connectivity index (χ0) is 20.8. The molecule has 1 aromatic heterocycles. The van der Waals surface area contributed by atoms with Gasteiger partial charge in [-0.3, -0.25) is 10.1 Å². The molecule has 1 atom stereocenters. The van der Waals surface area contributed by atoms with E-state index in [0.29, 0.717) is 10.7 Å². The standard InChI is InChI=1S/C21H20BrN3O2S2/c1-3-13(2)27-17-10-6-15(7-11-17)19(26)24-20(28)25-21-23-18(12-29-21)14-4-8-16(22)9-5-14/h4-13H,3H2,1-2H3,(H2,23,24,25,26,28). The van der Waals surface area contributed by atoms with Crippen molar-refractivity contribution in [1.29, 1.82) is 0 Å². The van der Waals surface area contributed by atoms with Crippen LogP contribution in [0.15, 0.2) is 58.4 Å². The maximum atomic E-state index is 12.4. The van der Waals surface area contributed by atoms with Crippen molar-refractivity contribution in [2.45, 2.75) is 26.4 Å². The maximum Gasteiger partial charge on any atom is 0.257 e. The third kappa shape index (κ3) is 6.09. The molecule has 3 aromatic rings. The van der Waals surface area contributed by atoms with E-state index in [1.54, 1.807) is 24.3 Å². The van der Waals surface area contributed by atoms with E-state index >= 15 is 0 Å². The highest BCUT2D eigenvalue weighted by molar-refractivity contribution is 9.10. The lowest BCUT2D eigenvalue weighted by atomic mass is 10.2. The van der Waals surface area contributed by atoms with Gasteiger partial charge in [-0.05, 0) is 62.0 Å². The molecule has 0 bridgehead atoms. The Morgan fingerprint density at radius 3 is 2.55 bits per heavy atom. The normalized spacial score (nSPS) is 11.6. The van der Waals surface area contributed by atoms with E-state index < -0.39 is 0 Å². The van der Waals surface area contributed by atoms with Crippen molar-refractivity contribution in [3.63, 3.8) is 0 Å². The van der Waals surface area contributed by atoms with E-state index in [4.69, 9.17) is 17.0 Å². The molecule has 0 spiro atoms.